The van der Waals surface area contributed by atoms with E-state index < -0.39 is 0 Å². The highest BCUT2D eigenvalue weighted by Gasteiger charge is 2.25. The molecule has 0 spiro atoms. The van der Waals surface area contributed by atoms with Crippen molar-refractivity contribution in [2.75, 3.05) is 34.4 Å². The van der Waals surface area contributed by atoms with Crippen LogP contribution in [0.3, 0.4) is 0 Å². The zero-order valence-electron chi connectivity index (χ0n) is 14.5. The van der Waals surface area contributed by atoms with Crippen LogP contribution in [0.25, 0.3) is 0 Å². The quantitative estimate of drug-likeness (QED) is 0.527. The van der Waals surface area contributed by atoms with Crippen molar-refractivity contribution in [2.45, 2.75) is 9.79 Å². The molecule has 130 valence electrons. The van der Waals surface area contributed by atoms with Crippen molar-refractivity contribution in [1.29, 1.82) is 0 Å². The monoisotopic (exact) mass is 376 g/mol. The number of hydrogen-bond acceptors (Lipinski definition) is 4. The van der Waals surface area contributed by atoms with Gasteiger partial charge in [-0.1, -0.05) is 36.4 Å². The van der Waals surface area contributed by atoms with Gasteiger partial charge in [0.2, 0.25) is 0 Å². The molecule has 4 heteroatoms. The molecule has 0 aromatic heterocycles. The molecule has 0 aliphatic carbocycles. The normalized spacial score (nSPS) is 16.2. The van der Waals surface area contributed by atoms with Crippen LogP contribution in [0.2, 0.25) is 0 Å². The highest BCUT2D eigenvalue weighted by molar-refractivity contribution is 8.00. The fourth-order valence-electron chi connectivity index (χ4n) is 3.68. The molecule has 0 N–H and O–H groups in total. The van der Waals surface area contributed by atoms with E-state index in [1.807, 2.05) is 23.5 Å². The molecule has 0 bridgehead atoms. The van der Waals surface area contributed by atoms with Gasteiger partial charge < -0.3 is 9.80 Å². The van der Waals surface area contributed by atoms with Gasteiger partial charge in [-0.2, -0.15) is 0 Å². The van der Waals surface area contributed by atoms with Crippen LogP contribution in [0, 0.1) is 0 Å². The maximum absolute atomic E-state index is 2.47. The Hall–Kier alpha value is -2.04. The highest BCUT2D eigenvalue weighted by atomic mass is 32.2. The first kappa shape index (κ1) is 16.2. The maximum Gasteiger partial charge on any atom is 0.0570 e. The van der Waals surface area contributed by atoms with Crippen LogP contribution in [-0.4, -0.2) is 24.6 Å². The molecule has 2 aliphatic rings. The molecule has 0 saturated heterocycles. The third-order valence-electron chi connectivity index (χ3n) is 4.90. The Morgan fingerprint density at radius 3 is 1.50 bits per heavy atom. The van der Waals surface area contributed by atoms with Gasteiger partial charge in [0.15, 0.2) is 0 Å². The van der Waals surface area contributed by atoms with E-state index >= 15 is 0 Å². The van der Waals surface area contributed by atoms with E-state index in [4.69, 9.17) is 0 Å². The predicted octanol–water partition coefficient (Wildman–Crippen LogP) is 6.17. The summed E-state index contributed by atoms with van der Waals surface area (Å²) in [7, 11) is 0. The van der Waals surface area contributed by atoms with Gasteiger partial charge in [0, 0.05) is 45.8 Å². The number of rotatable bonds is 2. The average Bonchev–Trinajstić information content (AvgIpc) is 2.72. The molecule has 3 aromatic carbocycles. The molecular weight excluding hydrogens is 356 g/mol. The maximum atomic E-state index is 2.47. The molecule has 2 aliphatic heterocycles. The van der Waals surface area contributed by atoms with Gasteiger partial charge in [0.1, 0.15) is 0 Å². The van der Waals surface area contributed by atoms with Crippen molar-refractivity contribution in [2.24, 2.45) is 0 Å². The Bertz CT molecular complexity index is 839. The summed E-state index contributed by atoms with van der Waals surface area (Å²) in [6.45, 7) is 2.11. The molecule has 0 unspecified atom stereocenters. The second-order valence-electron chi connectivity index (χ2n) is 6.46. The van der Waals surface area contributed by atoms with Crippen LogP contribution >= 0.6 is 23.5 Å². The van der Waals surface area contributed by atoms with E-state index in [9.17, 15) is 0 Å². The van der Waals surface area contributed by atoms with E-state index in [2.05, 4.69) is 82.6 Å². The van der Waals surface area contributed by atoms with Gasteiger partial charge in [0.25, 0.3) is 0 Å². The number of anilines is 4. The molecule has 0 fully saturated rings. The van der Waals surface area contributed by atoms with E-state index in [1.54, 1.807) is 0 Å². The minimum absolute atomic E-state index is 1.05. The molecule has 2 heterocycles. The molecule has 0 amide bonds. The zero-order chi connectivity index (χ0) is 17.3. The second-order valence-corrected chi connectivity index (χ2v) is 8.73. The molecule has 0 saturated carbocycles. The molecule has 5 rings (SSSR count). The van der Waals surface area contributed by atoms with Crippen molar-refractivity contribution < 1.29 is 0 Å². The number of fused-ring (bicyclic) bond motifs is 2. The number of nitrogens with zero attached hydrogens (tertiary/aromatic N) is 2. The second kappa shape index (κ2) is 6.93. The molecule has 3 aromatic rings. The Morgan fingerprint density at radius 1 is 0.577 bits per heavy atom. The molecule has 0 atom stereocenters. The lowest BCUT2D eigenvalue weighted by atomic mass is 10.1. The van der Waals surface area contributed by atoms with Crippen molar-refractivity contribution in [1.82, 2.24) is 0 Å². The summed E-state index contributed by atoms with van der Waals surface area (Å²) in [5.74, 6) is 2.27. The van der Waals surface area contributed by atoms with Crippen molar-refractivity contribution in [3.63, 3.8) is 0 Å². The average molecular weight is 377 g/mol. The number of benzene rings is 3. The first-order valence-corrected chi connectivity index (χ1v) is 11.0. The minimum Gasteiger partial charge on any atom is -0.340 e. The van der Waals surface area contributed by atoms with E-state index in [0.29, 0.717) is 0 Å². The van der Waals surface area contributed by atoms with E-state index in [0.717, 1.165) is 24.6 Å². The lowest BCUT2D eigenvalue weighted by Crippen LogP contribution is -2.27. The van der Waals surface area contributed by atoms with Gasteiger partial charge in [-0.15, -0.1) is 23.5 Å². The van der Waals surface area contributed by atoms with Gasteiger partial charge in [-0.25, -0.2) is 0 Å². The third-order valence-corrected chi connectivity index (χ3v) is 6.95. The van der Waals surface area contributed by atoms with Crippen LogP contribution in [0.4, 0.5) is 22.7 Å². The molecular formula is C22H20N2S2. The summed E-state index contributed by atoms with van der Waals surface area (Å²) >= 11 is 3.97. The fourth-order valence-corrected chi connectivity index (χ4v) is 5.78. The minimum atomic E-state index is 1.05. The third kappa shape index (κ3) is 2.87. The Labute approximate surface area is 163 Å². The summed E-state index contributed by atoms with van der Waals surface area (Å²) in [6, 6.07) is 26.3. The van der Waals surface area contributed by atoms with Gasteiger partial charge in [-0.3, -0.25) is 0 Å². The first-order chi connectivity index (χ1) is 12.9. The van der Waals surface area contributed by atoms with Crippen LogP contribution in [0.1, 0.15) is 0 Å². The van der Waals surface area contributed by atoms with Crippen LogP contribution in [0.5, 0.6) is 0 Å². The van der Waals surface area contributed by atoms with Crippen LogP contribution < -0.4 is 9.80 Å². The lowest BCUT2D eigenvalue weighted by molar-refractivity contribution is 0.960. The Morgan fingerprint density at radius 2 is 1.04 bits per heavy atom. The summed E-state index contributed by atoms with van der Waals surface area (Å²) in [5, 5.41) is 0. The smallest absolute Gasteiger partial charge is 0.0570 e. The van der Waals surface area contributed by atoms with Crippen LogP contribution in [-0.2, 0) is 0 Å². The van der Waals surface area contributed by atoms with E-state index in [1.165, 1.54) is 32.5 Å². The van der Waals surface area contributed by atoms with Crippen molar-refractivity contribution in [3.05, 3.63) is 72.8 Å². The lowest BCUT2D eigenvalue weighted by Gasteiger charge is -2.36. The Kier molecular flexibility index (Phi) is 4.31. The van der Waals surface area contributed by atoms with E-state index in [-0.39, 0.29) is 0 Å². The molecule has 26 heavy (non-hydrogen) atoms. The zero-order valence-corrected chi connectivity index (χ0v) is 16.1. The summed E-state index contributed by atoms with van der Waals surface area (Å²) in [5.41, 5.74) is 5.25. The number of hydrogen-bond donors (Lipinski definition) is 0. The summed E-state index contributed by atoms with van der Waals surface area (Å²) in [4.78, 5) is 7.74. The Balaban J connectivity index is 1.62. The fraction of sp³-hybridized carbons (Fsp3) is 0.182. The topological polar surface area (TPSA) is 6.48 Å². The SMILES string of the molecule is c1ccc(N2CCSc3cc4c(cc32)N(c2ccccc2)CCS4)cc1. The van der Waals surface area contributed by atoms with Crippen molar-refractivity contribution >= 4 is 46.3 Å². The summed E-state index contributed by atoms with van der Waals surface area (Å²) < 4.78 is 0. The number of thioether (sulfide) groups is 2. The number of para-hydroxylation sites is 2. The highest BCUT2D eigenvalue weighted by Crippen LogP contribution is 2.48. The van der Waals surface area contributed by atoms with Gasteiger partial charge >= 0.3 is 0 Å². The van der Waals surface area contributed by atoms with Crippen LogP contribution in [0.15, 0.2) is 82.6 Å². The first-order valence-electron chi connectivity index (χ1n) is 8.99. The largest absolute Gasteiger partial charge is 0.340 e. The summed E-state index contributed by atoms with van der Waals surface area (Å²) in [6.07, 6.45) is 0. The molecule has 2 nitrogen and oxygen atoms in total. The van der Waals surface area contributed by atoms with Crippen molar-refractivity contribution in [3.8, 4) is 0 Å². The van der Waals surface area contributed by atoms with Gasteiger partial charge in [-0.05, 0) is 36.4 Å². The molecule has 0 radical (unpaired) electrons. The standard InChI is InChI=1S/C22H20N2S2/c1-3-7-17(8-4-1)23-11-13-25-21-16-22-20(15-19(21)23)24(12-14-26-22)18-9-5-2-6-10-18/h1-10,15-16H,11-14H2. The predicted molar refractivity (Wildman–Crippen MR) is 115 cm³/mol. The van der Waals surface area contributed by atoms with Gasteiger partial charge in [0.05, 0.1) is 11.4 Å².